The van der Waals surface area contributed by atoms with Gasteiger partial charge in [0.05, 0.1) is 18.7 Å². The molecule has 258 valence electrons. The minimum absolute atomic E-state index is 0.0689. The van der Waals surface area contributed by atoms with E-state index in [1.54, 1.807) is 18.2 Å². The number of aliphatic hydroxyl groups excluding tert-OH is 1. The van der Waals surface area contributed by atoms with Gasteiger partial charge in [-0.25, -0.2) is 0 Å². The van der Waals surface area contributed by atoms with E-state index < -0.39 is 48.2 Å². The van der Waals surface area contributed by atoms with Crippen molar-refractivity contribution >= 4 is 52.5 Å². The van der Waals surface area contributed by atoms with Crippen LogP contribution in [0.2, 0.25) is 0 Å². The van der Waals surface area contributed by atoms with Gasteiger partial charge in [0, 0.05) is 35.1 Å². The molecule has 2 aliphatic rings. The fourth-order valence-corrected chi connectivity index (χ4v) is 5.44. The number of nitrogens with two attached hydrogens (primary N) is 2. The third-order valence-corrected chi connectivity index (χ3v) is 8.19. The van der Waals surface area contributed by atoms with Crippen LogP contribution in [0.3, 0.4) is 0 Å². The summed E-state index contributed by atoms with van der Waals surface area (Å²) in [6.45, 7) is 0.914. The number of benzene rings is 2. The van der Waals surface area contributed by atoms with Crippen molar-refractivity contribution in [1.82, 2.24) is 21.3 Å². The summed E-state index contributed by atoms with van der Waals surface area (Å²) in [7, 11) is 0. The molecular weight excluding hydrogens is 622 g/mol. The molecule has 16 nitrogen and oxygen atoms in total. The van der Waals surface area contributed by atoms with E-state index in [4.69, 9.17) is 11.5 Å². The van der Waals surface area contributed by atoms with E-state index in [1.165, 1.54) is 18.2 Å². The van der Waals surface area contributed by atoms with Crippen LogP contribution in [0.1, 0.15) is 58.4 Å². The maximum Gasteiger partial charge on any atom is 0.254 e. The number of nitrogens with one attached hydrogen (secondary N) is 7. The molecule has 2 aromatic rings. The van der Waals surface area contributed by atoms with Gasteiger partial charge in [-0.15, -0.1) is 0 Å². The van der Waals surface area contributed by atoms with Crippen LogP contribution in [0, 0.1) is 5.92 Å². The van der Waals surface area contributed by atoms with Crippen LogP contribution >= 0.6 is 0 Å². The molecule has 0 aromatic heterocycles. The van der Waals surface area contributed by atoms with Gasteiger partial charge in [0.25, 0.3) is 5.91 Å². The summed E-state index contributed by atoms with van der Waals surface area (Å²) in [4.78, 5) is 77.4. The molecule has 2 atom stereocenters. The molecule has 0 radical (unpaired) electrons. The molecule has 2 heterocycles. The Balaban J connectivity index is 1.63. The number of aliphatic hydroxyl groups is 1. The molecule has 0 saturated carbocycles. The van der Waals surface area contributed by atoms with Crippen LogP contribution in [0.4, 0.5) is 17.1 Å². The molecule has 4 rings (SSSR count). The lowest BCUT2D eigenvalue weighted by molar-refractivity contribution is -0.128. The Morgan fingerprint density at radius 2 is 1.69 bits per heavy atom. The molecule has 0 aliphatic carbocycles. The smallest absolute Gasteiger partial charge is 0.254 e. The Morgan fingerprint density at radius 3 is 2.40 bits per heavy atom. The van der Waals surface area contributed by atoms with Gasteiger partial charge >= 0.3 is 0 Å². The van der Waals surface area contributed by atoms with E-state index in [9.17, 15) is 33.9 Å². The second kappa shape index (κ2) is 17.2. The standard InChI is InChI=1S/C32H43N9O7/c33-10-2-1-3-24-31(47)41-26(17-42)32(48)40-25-13-19(28(34)44)4-5-20(25)15-36-23-7-6-21(14-22(23)30(46)39-24)38-27(43)16-37-29(45)18-8-11-35-12-9-18/h4-7,13-14,18,24,26,35-36,42H,1-3,8-12,15-17,33H2,(H2,34,44)(H,37,45)(H,38,43)(H,39,46)(H,40,48)(H,41,47)/t24-,26-/m0/s1. The zero-order chi connectivity index (χ0) is 34.6. The SMILES string of the molecule is NCCCC[C@@H]1NC(=O)c2cc(NC(=O)CNC(=O)C3CCNCC3)ccc2NCc2ccc(C(N)=O)cc2NC(=O)[C@H](CO)NC1=O. The number of hydrogen-bond acceptors (Lipinski definition) is 10. The average Bonchev–Trinajstić information content (AvgIpc) is 3.08. The number of rotatable bonds is 10. The van der Waals surface area contributed by atoms with E-state index in [1.807, 2.05) is 0 Å². The highest BCUT2D eigenvalue weighted by atomic mass is 16.3. The highest BCUT2D eigenvalue weighted by molar-refractivity contribution is 6.05. The first-order chi connectivity index (χ1) is 23.1. The van der Waals surface area contributed by atoms with Crippen molar-refractivity contribution in [1.29, 1.82) is 0 Å². The van der Waals surface area contributed by atoms with Crippen LogP contribution in [-0.2, 0) is 25.7 Å². The Morgan fingerprint density at radius 1 is 0.917 bits per heavy atom. The zero-order valence-corrected chi connectivity index (χ0v) is 26.5. The van der Waals surface area contributed by atoms with Crippen LogP contribution in [0.25, 0.3) is 0 Å². The Labute approximate surface area is 277 Å². The number of fused-ring (bicyclic) bond motifs is 2. The molecule has 48 heavy (non-hydrogen) atoms. The number of hydrogen-bond donors (Lipinski definition) is 10. The van der Waals surface area contributed by atoms with Crippen molar-refractivity contribution in [2.75, 3.05) is 48.7 Å². The van der Waals surface area contributed by atoms with Crippen molar-refractivity contribution in [3.8, 4) is 0 Å². The van der Waals surface area contributed by atoms with Crippen molar-refractivity contribution < 1.29 is 33.9 Å². The summed E-state index contributed by atoms with van der Waals surface area (Å²) in [6.07, 6.45) is 2.63. The van der Waals surface area contributed by atoms with Crippen LogP contribution in [0.15, 0.2) is 36.4 Å². The monoisotopic (exact) mass is 665 g/mol. The number of carbonyl (C=O) groups excluding carboxylic acids is 6. The van der Waals surface area contributed by atoms with E-state index in [-0.39, 0.29) is 53.8 Å². The first kappa shape index (κ1) is 35.8. The van der Waals surface area contributed by atoms with Gasteiger partial charge in [0.2, 0.25) is 29.5 Å². The summed E-state index contributed by atoms with van der Waals surface area (Å²) in [6, 6.07) is 6.55. The molecule has 1 fully saturated rings. The minimum atomic E-state index is -1.38. The van der Waals surface area contributed by atoms with Gasteiger partial charge in [0.1, 0.15) is 12.1 Å². The van der Waals surface area contributed by atoms with Crippen molar-refractivity contribution in [2.45, 2.75) is 50.7 Å². The lowest BCUT2D eigenvalue weighted by Gasteiger charge is -2.24. The molecule has 2 aliphatic heterocycles. The summed E-state index contributed by atoms with van der Waals surface area (Å²) >= 11 is 0. The first-order valence-corrected chi connectivity index (χ1v) is 15.9. The van der Waals surface area contributed by atoms with Crippen LogP contribution in [0.5, 0.6) is 0 Å². The third kappa shape index (κ3) is 9.73. The lowest BCUT2D eigenvalue weighted by Crippen LogP contribution is -2.54. The van der Waals surface area contributed by atoms with Gasteiger partial charge in [0.15, 0.2) is 0 Å². The van der Waals surface area contributed by atoms with Crippen LogP contribution < -0.4 is 48.7 Å². The van der Waals surface area contributed by atoms with Gasteiger partial charge in [-0.05, 0) is 87.6 Å². The maximum atomic E-state index is 13.8. The molecular formula is C32H43N9O7. The number of primary amides is 1. The lowest BCUT2D eigenvalue weighted by atomic mass is 9.97. The quantitative estimate of drug-likeness (QED) is 0.140. The Hall–Kier alpha value is -5.06. The van der Waals surface area contributed by atoms with E-state index in [0.29, 0.717) is 43.5 Å². The van der Waals surface area contributed by atoms with Gasteiger partial charge < -0.3 is 53.8 Å². The number of piperidine rings is 1. The average molecular weight is 666 g/mol. The Bertz CT molecular complexity index is 1530. The molecule has 6 amide bonds. The van der Waals surface area contributed by atoms with Gasteiger partial charge in [-0.2, -0.15) is 0 Å². The Kier molecular flexibility index (Phi) is 12.8. The molecule has 0 bridgehead atoms. The normalized spacial score (nSPS) is 18.8. The number of unbranched alkanes of at least 4 members (excludes halogenated alkanes) is 1. The van der Waals surface area contributed by atoms with Gasteiger partial charge in [-0.1, -0.05) is 6.07 Å². The maximum absolute atomic E-state index is 13.8. The zero-order valence-electron chi connectivity index (χ0n) is 26.5. The third-order valence-electron chi connectivity index (χ3n) is 8.19. The molecule has 16 heteroatoms. The van der Waals surface area contributed by atoms with Crippen LogP contribution in [-0.4, -0.2) is 85.4 Å². The van der Waals surface area contributed by atoms with Crippen molar-refractivity contribution in [3.05, 3.63) is 53.1 Å². The van der Waals surface area contributed by atoms with Crippen molar-refractivity contribution in [3.63, 3.8) is 0 Å². The van der Waals surface area contributed by atoms with E-state index in [0.717, 1.165) is 13.1 Å². The highest BCUT2D eigenvalue weighted by Crippen LogP contribution is 2.25. The number of carbonyl (C=O) groups is 6. The first-order valence-electron chi connectivity index (χ1n) is 15.9. The predicted octanol–water partition coefficient (Wildman–Crippen LogP) is -0.891. The summed E-state index contributed by atoms with van der Waals surface area (Å²) < 4.78 is 0. The number of amides is 6. The molecule has 1 saturated heterocycles. The van der Waals surface area contributed by atoms with Crippen molar-refractivity contribution in [2.24, 2.45) is 17.4 Å². The molecule has 0 spiro atoms. The number of anilines is 3. The topological polar surface area (TPSA) is 259 Å². The largest absolute Gasteiger partial charge is 0.394 e. The van der Waals surface area contributed by atoms with E-state index >= 15 is 0 Å². The molecule has 0 unspecified atom stereocenters. The minimum Gasteiger partial charge on any atom is -0.394 e. The summed E-state index contributed by atoms with van der Waals surface area (Å²) in [5, 5.41) is 29.6. The fourth-order valence-electron chi connectivity index (χ4n) is 5.44. The second-order valence-electron chi connectivity index (χ2n) is 11.7. The summed E-state index contributed by atoms with van der Waals surface area (Å²) in [5.74, 6) is -3.67. The second-order valence-corrected chi connectivity index (χ2v) is 11.7. The van der Waals surface area contributed by atoms with E-state index in [2.05, 4.69) is 37.2 Å². The molecule has 2 aromatic carbocycles. The fraction of sp³-hybridized carbons (Fsp3) is 0.438. The van der Waals surface area contributed by atoms with Gasteiger partial charge in [-0.3, -0.25) is 28.8 Å². The molecule has 12 N–H and O–H groups in total. The highest BCUT2D eigenvalue weighted by Gasteiger charge is 2.29. The summed E-state index contributed by atoms with van der Waals surface area (Å²) in [5.41, 5.74) is 12.6. The predicted molar refractivity (Wildman–Crippen MR) is 178 cm³/mol.